The average molecular weight is 530 g/mol. The maximum atomic E-state index is 6.34. The summed E-state index contributed by atoms with van der Waals surface area (Å²) in [5, 5.41) is 7.53. The Hall–Kier alpha value is -4.93. The Labute approximate surface area is 232 Å². The van der Waals surface area contributed by atoms with Crippen molar-refractivity contribution in [3.05, 3.63) is 121 Å². The number of hydrogen-bond acceptors (Lipinski definition) is 2. The van der Waals surface area contributed by atoms with Crippen LogP contribution in [0, 0.1) is 0 Å². The number of para-hydroxylation sites is 2. The second kappa shape index (κ2) is 7.38. The summed E-state index contributed by atoms with van der Waals surface area (Å²) in [4.78, 5) is 0. The van der Waals surface area contributed by atoms with Crippen LogP contribution >= 0.6 is 11.3 Å². The molecule has 40 heavy (non-hydrogen) atoms. The Morgan fingerprint density at radius 2 is 1.48 bits per heavy atom. The van der Waals surface area contributed by atoms with Gasteiger partial charge in [-0.2, -0.15) is 4.58 Å². The van der Waals surface area contributed by atoms with Crippen molar-refractivity contribution in [2.75, 3.05) is 0 Å². The van der Waals surface area contributed by atoms with Crippen molar-refractivity contribution in [3.63, 3.8) is 0 Å². The lowest BCUT2D eigenvalue weighted by Crippen LogP contribution is -2.30. The zero-order valence-electron chi connectivity index (χ0n) is 21.3. The number of nitrogens with zero attached hydrogens (tertiary/aromatic N) is 2. The van der Waals surface area contributed by atoms with Gasteiger partial charge in [-0.3, -0.25) is 0 Å². The first-order valence-electron chi connectivity index (χ1n) is 13.7. The van der Waals surface area contributed by atoms with Gasteiger partial charge in [-0.25, -0.2) is 0 Å². The molecule has 4 heteroatoms. The van der Waals surface area contributed by atoms with E-state index in [-0.39, 0.29) is 6.04 Å². The van der Waals surface area contributed by atoms with E-state index in [9.17, 15) is 0 Å². The lowest BCUT2D eigenvalue weighted by Gasteiger charge is -2.24. The molecule has 0 radical (unpaired) electrons. The molecule has 3 nitrogen and oxygen atoms in total. The highest BCUT2D eigenvalue weighted by Crippen LogP contribution is 2.47. The number of rotatable bonds is 1. The fourth-order valence-corrected chi connectivity index (χ4v) is 8.15. The van der Waals surface area contributed by atoms with Crippen molar-refractivity contribution in [2.45, 2.75) is 6.04 Å². The van der Waals surface area contributed by atoms with Crippen LogP contribution in [0.4, 0.5) is 11.4 Å². The third kappa shape index (κ3) is 2.52. The molecule has 0 saturated carbocycles. The van der Waals surface area contributed by atoms with Crippen molar-refractivity contribution in [3.8, 4) is 0 Å². The van der Waals surface area contributed by atoms with Crippen LogP contribution < -0.4 is 4.58 Å². The molecule has 1 unspecified atom stereocenters. The van der Waals surface area contributed by atoms with E-state index in [0.717, 1.165) is 16.6 Å². The van der Waals surface area contributed by atoms with Crippen molar-refractivity contribution in [1.82, 2.24) is 9.14 Å². The summed E-state index contributed by atoms with van der Waals surface area (Å²) >= 11 is 1.87. The molecule has 0 amide bonds. The summed E-state index contributed by atoms with van der Waals surface area (Å²) in [6, 6.07) is 35.3. The Balaban J connectivity index is 1.36. The van der Waals surface area contributed by atoms with E-state index in [4.69, 9.17) is 4.42 Å². The van der Waals surface area contributed by atoms with Crippen molar-refractivity contribution in [2.24, 2.45) is 0 Å². The minimum atomic E-state index is 0.0640. The molecule has 1 atom stereocenters. The van der Waals surface area contributed by atoms with Gasteiger partial charge in [-0.15, -0.1) is 11.3 Å². The number of hydrogen-bond donors (Lipinski definition) is 0. The van der Waals surface area contributed by atoms with Gasteiger partial charge in [0.05, 0.1) is 10.9 Å². The van der Waals surface area contributed by atoms with Crippen LogP contribution in [-0.4, -0.2) is 10.3 Å². The van der Waals surface area contributed by atoms with Gasteiger partial charge in [0, 0.05) is 60.6 Å². The van der Waals surface area contributed by atoms with Crippen molar-refractivity contribution in [1.29, 1.82) is 0 Å². The van der Waals surface area contributed by atoms with Gasteiger partial charge in [-0.05, 0) is 30.3 Å². The van der Waals surface area contributed by atoms with E-state index >= 15 is 0 Å². The van der Waals surface area contributed by atoms with Crippen LogP contribution in [0.15, 0.2) is 126 Å². The lowest BCUT2D eigenvalue weighted by atomic mass is 10.0. The monoisotopic (exact) mass is 529 g/mol. The number of furan rings is 1. The van der Waals surface area contributed by atoms with Gasteiger partial charge in [-0.1, -0.05) is 66.8 Å². The van der Waals surface area contributed by atoms with E-state index in [0.29, 0.717) is 0 Å². The quantitative estimate of drug-likeness (QED) is 0.194. The van der Waals surface area contributed by atoms with Crippen LogP contribution in [0.2, 0.25) is 0 Å². The first-order chi connectivity index (χ1) is 19.8. The van der Waals surface area contributed by atoms with Gasteiger partial charge in [0.25, 0.3) is 0 Å². The fraction of sp³-hybridized carbons (Fsp3) is 0.0278. The van der Waals surface area contributed by atoms with Crippen LogP contribution in [0.3, 0.4) is 0 Å². The van der Waals surface area contributed by atoms with Gasteiger partial charge in [0.1, 0.15) is 22.7 Å². The second-order valence-electron chi connectivity index (χ2n) is 10.7. The zero-order chi connectivity index (χ0) is 25.9. The molecule has 1 aliphatic carbocycles. The molecule has 0 bridgehead atoms. The SMILES string of the molecule is C1=CC2=[N+](c3ccc4sc5ccccc5c4c3)c3cccc4c5ccc6oc7ccccc7c6c5n(c34)C2C=C1. The largest absolute Gasteiger partial charge is 0.456 e. The van der Waals surface area contributed by atoms with Crippen molar-refractivity contribution >= 4 is 92.3 Å². The predicted octanol–water partition coefficient (Wildman–Crippen LogP) is 10.0. The van der Waals surface area contributed by atoms with E-state index in [1.54, 1.807) is 0 Å². The Bertz CT molecular complexity index is 2500. The molecule has 186 valence electrons. The smallest absolute Gasteiger partial charge is 0.235 e. The summed E-state index contributed by atoms with van der Waals surface area (Å²) in [7, 11) is 0. The molecule has 5 aromatic carbocycles. The Morgan fingerprint density at radius 1 is 0.650 bits per heavy atom. The van der Waals surface area contributed by atoms with Crippen molar-refractivity contribution < 1.29 is 4.42 Å². The Morgan fingerprint density at radius 3 is 2.45 bits per heavy atom. The molecule has 0 saturated heterocycles. The number of thiophene rings is 1. The fourth-order valence-electron chi connectivity index (χ4n) is 7.06. The third-order valence-corrected chi connectivity index (χ3v) is 9.82. The lowest BCUT2D eigenvalue weighted by molar-refractivity contribution is 0.669. The van der Waals surface area contributed by atoms with E-state index in [1.807, 2.05) is 17.4 Å². The molecule has 3 aromatic heterocycles. The van der Waals surface area contributed by atoms with Gasteiger partial charge in [0.2, 0.25) is 17.1 Å². The van der Waals surface area contributed by atoms with Gasteiger partial charge >= 0.3 is 0 Å². The average Bonchev–Trinajstić information content (AvgIpc) is 3.67. The summed E-state index contributed by atoms with van der Waals surface area (Å²) < 4.78 is 14.0. The number of aromatic nitrogens is 1. The molecule has 4 heterocycles. The Kier molecular flexibility index (Phi) is 3.87. The molecule has 0 fully saturated rings. The zero-order valence-corrected chi connectivity index (χ0v) is 22.2. The maximum absolute atomic E-state index is 6.34. The molecular formula is C36H21N2OS+. The van der Waals surface area contributed by atoms with Gasteiger partial charge in [0.15, 0.2) is 0 Å². The normalized spacial score (nSPS) is 16.4. The summed E-state index contributed by atoms with van der Waals surface area (Å²) in [6.07, 6.45) is 8.96. The summed E-state index contributed by atoms with van der Waals surface area (Å²) in [6.45, 7) is 0. The summed E-state index contributed by atoms with van der Waals surface area (Å²) in [5.41, 5.74) is 8.02. The van der Waals surface area contributed by atoms with Crippen LogP contribution in [0.5, 0.6) is 0 Å². The molecule has 8 aromatic rings. The minimum Gasteiger partial charge on any atom is -0.456 e. The minimum absolute atomic E-state index is 0.0640. The molecule has 0 N–H and O–H groups in total. The molecule has 10 rings (SSSR count). The molecule has 1 aliphatic heterocycles. The third-order valence-electron chi connectivity index (χ3n) is 8.67. The highest BCUT2D eigenvalue weighted by atomic mass is 32.1. The highest BCUT2D eigenvalue weighted by Gasteiger charge is 2.38. The molecule has 0 spiro atoms. The number of allylic oxidation sites excluding steroid dienone is 4. The maximum Gasteiger partial charge on any atom is 0.235 e. The second-order valence-corrected chi connectivity index (χ2v) is 11.8. The molecular weight excluding hydrogens is 508 g/mol. The number of benzene rings is 5. The van der Waals surface area contributed by atoms with E-state index in [2.05, 4.69) is 124 Å². The van der Waals surface area contributed by atoms with E-state index in [1.165, 1.54) is 64.5 Å². The first-order valence-corrected chi connectivity index (χ1v) is 14.5. The topological polar surface area (TPSA) is 21.1 Å². The van der Waals surface area contributed by atoms with Crippen LogP contribution in [0.1, 0.15) is 6.04 Å². The summed E-state index contributed by atoms with van der Waals surface area (Å²) in [5.74, 6) is 0. The highest BCUT2D eigenvalue weighted by molar-refractivity contribution is 7.25. The standard InChI is InChI=1S/C36H21N2OS/c1-5-14-30-25(9-1)34-31(39-30)18-17-24-23-10-7-13-29-35(23)38(36(24)34)28-12-4-3-11-27(28)37(29)21-16-19-33-26(20-21)22-8-2-6-15-32(22)40-33/h1-20,28H/q+1. The molecule has 2 aliphatic rings. The van der Waals surface area contributed by atoms with Gasteiger partial charge < -0.3 is 8.98 Å². The van der Waals surface area contributed by atoms with E-state index < -0.39 is 0 Å². The first kappa shape index (κ1) is 21.0. The van der Waals surface area contributed by atoms with Crippen LogP contribution in [0.25, 0.3) is 63.9 Å². The predicted molar refractivity (Wildman–Crippen MR) is 170 cm³/mol. The van der Waals surface area contributed by atoms with Crippen LogP contribution in [-0.2, 0) is 0 Å². The number of fused-ring (bicyclic) bond motifs is 12.